The topological polar surface area (TPSA) is 52.0 Å². The zero-order valence-corrected chi connectivity index (χ0v) is 11.9. The van der Waals surface area contributed by atoms with Crippen molar-refractivity contribution in [2.45, 2.75) is 26.8 Å². The van der Waals surface area contributed by atoms with Gasteiger partial charge in [0.15, 0.2) is 5.82 Å². The molecule has 0 unspecified atom stereocenters. The van der Waals surface area contributed by atoms with Crippen molar-refractivity contribution >= 4 is 5.69 Å². The smallest absolute Gasteiger partial charge is 0.316 e. The number of hydrogen-bond acceptors (Lipinski definition) is 4. The molecule has 102 valence electrons. The molecule has 0 radical (unpaired) electrons. The Morgan fingerprint density at radius 2 is 2.11 bits per heavy atom. The molecule has 0 aliphatic rings. The molecule has 5 heteroatoms. The van der Waals surface area contributed by atoms with Crippen molar-refractivity contribution in [3.63, 3.8) is 0 Å². The Balaban J connectivity index is 2.16. The number of nitrogens with one attached hydrogen (secondary N) is 1. The molecule has 5 nitrogen and oxygen atoms in total. The predicted octanol–water partition coefficient (Wildman–Crippen LogP) is 2.31. The lowest BCUT2D eigenvalue weighted by atomic mass is 10.1. The maximum absolute atomic E-state index is 5.11. The van der Waals surface area contributed by atoms with E-state index in [1.54, 1.807) is 7.11 Å². The molecule has 0 bridgehead atoms. The quantitative estimate of drug-likeness (QED) is 0.896. The van der Waals surface area contributed by atoms with E-state index in [1.807, 2.05) is 11.6 Å². The number of ether oxygens (including phenoxy) is 1. The highest BCUT2D eigenvalue weighted by molar-refractivity contribution is 5.57. The fourth-order valence-corrected chi connectivity index (χ4v) is 2.12. The van der Waals surface area contributed by atoms with Gasteiger partial charge in [0.1, 0.15) is 0 Å². The van der Waals surface area contributed by atoms with Crippen molar-refractivity contribution in [1.29, 1.82) is 0 Å². The maximum Gasteiger partial charge on any atom is 0.316 e. The van der Waals surface area contributed by atoms with E-state index in [0.29, 0.717) is 12.6 Å². The summed E-state index contributed by atoms with van der Waals surface area (Å²) in [5.41, 5.74) is 3.74. The van der Waals surface area contributed by atoms with Crippen LogP contribution in [0, 0.1) is 6.92 Å². The van der Waals surface area contributed by atoms with Gasteiger partial charge in [0.25, 0.3) is 0 Å². The molecule has 0 saturated heterocycles. The number of aromatic nitrogens is 3. The molecule has 0 aliphatic carbocycles. The second kappa shape index (κ2) is 5.73. The van der Waals surface area contributed by atoms with Gasteiger partial charge in [-0.25, -0.2) is 0 Å². The molecule has 0 saturated carbocycles. The van der Waals surface area contributed by atoms with Crippen LogP contribution in [0.15, 0.2) is 18.2 Å². The molecule has 1 aromatic heterocycles. The molecular weight excluding hydrogens is 240 g/mol. The first kappa shape index (κ1) is 13.4. The van der Waals surface area contributed by atoms with Crippen LogP contribution in [0.3, 0.4) is 0 Å². The van der Waals surface area contributed by atoms with Crippen LogP contribution in [0.25, 0.3) is 0 Å². The monoisotopic (exact) mass is 260 g/mol. The Kier molecular flexibility index (Phi) is 4.04. The Labute approximate surface area is 113 Å². The van der Waals surface area contributed by atoms with Crippen LogP contribution in [0.5, 0.6) is 6.01 Å². The van der Waals surface area contributed by atoms with Gasteiger partial charge in [-0.3, -0.25) is 4.57 Å². The summed E-state index contributed by atoms with van der Waals surface area (Å²) in [6.07, 6.45) is 1.01. The van der Waals surface area contributed by atoms with E-state index in [1.165, 1.54) is 16.8 Å². The Morgan fingerprint density at radius 3 is 2.74 bits per heavy atom. The van der Waals surface area contributed by atoms with E-state index in [9.17, 15) is 0 Å². The molecule has 0 atom stereocenters. The molecule has 1 heterocycles. The van der Waals surface area contributed by atoms with Crippen molar-refractivity contribution in [2.75, 3.05) is 12.4 Å². The van der Waals surface area contributed by atoms with Crippen molar-refractivity contribution in [2.24, 2.45) is 7.05 Å². The Bertz CT molecular complexity index is 563. The molecule has 2 aromatic rings. The first-order valence-corrected chi connectivity index (χ1v) is 6.42. The highest BCUT2D eigenvalue weighted by Gasteiger charge is 2.09. The molecule has 0 spiro atoms. The van der Waals surface area contributed by atoms with Crippen LogP contribution < -0.4 is 10.1 Å². The Hall–Kier alpha value is -2.04. The van der Waals surface area contributed by atoms with Gasteiger partial charge in [-0.05, 0) is 24.5 Å². The third-order valence-electron chi connectivity index (χ3n) is 3.27. The molecule has 0 amide bonds. The molecule has 2 rings (SSSR count). The third kappa shape index (κ3) is 2.70. The van der Waals surface area contributed by atoms with Gasteiger partial charge >= 0.3 is 6.01 Å². The van der Waals surface area contributed by atoms with Crippen molar-refractivity contribution in [3.8, 4) is 6.01 Å². The highest BCUT2D eigenvalue weighted by atomic mass is 16.5. The third-order valence-corrected chi connectivity index (χ3v) is 3.27. The molecule has 0 aliphatic heterocycles. The van der Waals surface area contributed by atoms with E-state index in [-0.39, 0.29) is 0 Å². The van der Waals surface area contributed by atoms with Crippen molar-refractivity contribution in [1.82, 2.24) is 14.8 Å². The first-order valence-electron chi connectivity index (χ1n) is 6.42. The summed E-state index contributed by atoms with van der Waals surface area (Å²) in [7, 11) is 3.49. The van der Waals surface area contributed by atoms with Crippen LogP contribution in [0.4, 0.5) is 5.69 Å². The molecule has 0 fully saturated rings. The average molecular weight is 260 g/mol. The predicted molar refractivity (Wildman–Crippen MR) is 75.4 cm³/mol. The number of hydrogen-bond donors (Lipinski definition) is 1. The number of anilines is 1. The number of benzene rings is 1. The fraction of sp³-hybridized carbons (Fsp3) is 0.429. The molecule has 1 aromatic carbocycles. The first-order chi connectivity index (χ1) is 9.17. The zero-order chi connectivity index (χ0) is 13.8. The number of aryl methyl sites for hydroxylation is 2. The summed E-state index contributed by atoms with van der Waals surface area (Å²) < 4.78 is 6.95. The average Bonchev–Trinajstić information content (AvgIpc) is 2.77. The minimum absolute atomic E-state index is 0.525. The standard InChI is InChI=1S/C14H20N4O/c1-5-11-8-6-7-10(2)13(11)15-9-12-16-17-14(19-4)18(12)3/h6-8,15H,5,9H2,1-4H3. The lowest BCUT2D eigenvalue weighted by Crippen LogP contribution is -2.09. The number of nitrogens with zero attached hydrogens (tertiary/aromatic N) is 3. The summed E-state index contributed by atoms with van der Waals surface area (Å²) in [4.78, 5) is 0. The second-order valence-corrected chi connectivity index (χ2v) is 4.48. The van der Waals surface area contributed by atoms with Gasteiger partial charge in [0, 0.05) is 12.7 Å². The maximum atomic E-state index is 5.11. The minimum Gasteiger partial charge on any atom is -0.467 e. The van der Waals surface area contributed by atoms with E-state index < -0.39 is 0 Å². The number of para-hydroxylation sites is 1. The summed E-state index contributed by atoms with van der Waals surface area (Å²) in [6.45, 7) is 4.90. The Morgan fingerprint density at radius 1 is 1.32 bits per heavy atom. The fourth-order valence-electron chi connectivity index (χ4n) is 2.12. The zero-order valence-electron chi connectivity index (χ0n) is 11.9. The summed E-state index contributed by atoms with van der Waals surface area (Å²) in [5, 5.41) is 11.5. The van der Waals surface area contributed by atoms with Gasteiger partial charge in [0.2, 0.25) is 0 Å². The van der Waals surface area contributed by atoms with Gasteiger partial charge in [-0.1, -0.05) is 30.2 Å². The molecule has 1 N–H and O–H groups in total. The largest absolute Gasteiger partial charge is 0.467 e. The molecular formula is C14H20N4O. The minimum atomic E-state index is 0.525. The van der Waals surface area contributed by atoms with Gasteiger partial charge < -0.3 is 10.1 Å². The van der Waals surface area contributed by atoms with E-state index >= 15 is 0 Å². The summed E-state index contributed by atoms with van der Waals surface area (Å²) in [6, 6.07) is 6.87. The number of rotatable bonds is 5. The number of methoxy groups -OCH3 is 1. The SMILES string of the molecule is CCc1cccc(C)c1NCc1nnc(OC)n1C. The lowest BCUT2D eigenvalue weighted by Gasteiger charge is -2.13. The summed E-state index contributed by atoms with van der Waals surface area (Å²) >= 11 is 0. The van der Waals surface area contributed by atoms with E-state index in [2.05, 4.69) is 47.6 Å². The summed E-state index contributed by atoms with van der Waals surface area (Å²) in [5.74, 6) is 0.849. The van der Waals surface area contributed by atoms with Crippen LogP contribution >= 0.6 is 0 Å². The van der Waals surface area contributed by atoms with Gasteiger partial charge in [-0.15, -0.1) is 5.10 Å². The van der Waals surface area contributed by atoms with Crippen LogP contribution in [-0.2, 0) is 20.0 Å². The van der Waals surface area contributed by atoms with E-state index in [0.717, 1.165) is 12.2 Å². The van der Waals surface area contributed by atoms with Crippen LogP contribution in [-0.4, -0.2) is 21.9 Å². The second-order valence-electron chi connectivity index (χ2n) is 4.48. The van der Waals surface area contributed by atoms with Crippen molar-refractivity contribution in [3.05, 3.63) is 35.2 Å². The van der Waals surface area contributed by atoms with Crippen LogP contribution in [0.2, 0.25) is 0 Å². The highest BCUT2D eigenvalue weighted by Crippen LogP contribution is 2.21. The van der Waals surface area contributed by atoms with Gasteiger partial charge in [0.05, 0.1) is 13.7 Å². The normalized spacial score (nSPS) is 10.5. The lowest BCUT2D eigenvalue weighted by molar-refractivity contribution is 0.363. The van der Waals surface area contributed by atoms with Crippen LogP contribution in [0.1, 0.15) is 23.9 Å². The molecule has 19 heavy (non-hydrogen) atoms. The van der Waals surface area contributed by atoms with Gasteiger partial charge in [-0.2, -0.15) is 0 Å². The van der Waals surface area contributed by atoms with E-state index in [4.69, 9.17) is 4.74 Å². The van der Waals surface area contributed by atoms with Crippen molar-refractivity contribution < 1.29 is 4.74 Å².